The number of benzene rings is 3. The molecule has 0 fully saturated rings. The number of hydrogen-bond donors (Lipinski definition) is 3. The molecule has 186 valence electrons. The fourth-order valence-corrected chi connectivity index (χ4v) is 5.11. The summed E-state index contributed by atoms with van der Waals surface area (Å²) in [5.74, 6) is -0.910. The first-order valence-corrected chi connectivity index (χ1v) is 12.9. The zero-order valence-corrected chi connectivity index (χ0v) is 21.8. The van der Waals surface area contributed by atoms with Gasteiger partial charge in [0.05, 0.1) is 28.3 Å². The Morgan fingerprint density at radius 2 is 1.62 bits per heavy atom. The van der Waals surface area contributed by atoms with Gasteiger partial charge in [-0.25, -0.2) is 0 Å². The van der Waals surface area contributed by atoms with Crippen LogP contribution in [0.25, 0.3) is 0 Å². The molecule has 0 saturated heterocycles. The molecule has 0 bridgehead atoms. The molecule has 37 heavy (non-hydrogen) atoms. The third-order valence-corrected chi connectivity index (χ3v) is 7.09. The summed E-state index contributed by atoms with van der Waals surface area (Å²) in [4.78, 5) is 26.2. The fraction of sp³-hybridized carbons (Fsp3) is 0.167. The van der Waals surface area contributed by atoms with E-state index in [9.17, 15) is 14.9 Å². The van der Waals surface area contributed by atoms with Crippen LogP contribution in [0.5, 0.6) is 0 Å². The number of amides is 2. The van der Waals surface area contributed by atoms with Gasteiger partial charge in [0, 0.05) is 22.6 Å². The van der Waals surface area contributed by atoms with Crippen molar-refractivity contribution in [1.82, 2.24) is 5.32 Å². The average Bonchev–Trinajstić information content (AvgIpc) is 2.90. The number of aryl methyl sites for hydroxylation is 2. The van der Waals surface area contributed by atoms with Crippen molar-refractivity contribution < 1.29 is 9.59 Å². The van der Waals surface area contributed by atoms with Crippen LogP contribution in [0.3, 0.4) is 0 Å². The minimum atomic E-state index is -0.569. The Hall–Kier alpha value is -4.28. The van der Waals surface area contributed by atoms with Gasteiger partial charge < -0.3 is 16.0 Å². The number of nitriles is 1. The molecule has 0 spiro atoms. The Morgan fingerprint density at radius 1 is 0.946 bits per heavy atom. The van der Waals surface area contributed by atoms with Gasteiger partial charge in [-0.2, -0.15) is 5.26 Å². The van der Waals surface area contributed by atoms with Crippen molar-refractivity contribution in [1.29, 1.82) is 5.26 Å². The van der Waals surface area contributed by atoms with Gasteiger partial charge in [0.25, 0.3) is 5.91 Å². The van der Waals surface area contributed by atoms with Crippen LogP contribution in [0.1, 0.15) is 29.5 Å². The smallest absolute Gasteiger partial charge is 0.254 e. The summed E-state index contributed by atoms with van der Waals surface area (Å²) in [7, 11) is 0. The molecule has 3 aromatic carbocycles. The topological polar surface area (TPSA) is 94.0 Å². The maximum absolute atomic E-state index is 13.4. The molecule has 1 aliphatic heterocycles. The van der Waals surface area contributed by atoms with Crippen molar-refractivity contribution in [2.45, 2.75) is 26.7 Å². The minimum Gasteiger partial charge on any atom is -0.353 e. The van der Waals surface area contributed by atoms with Gasteiger partial charge in [0.2, 0.25) is 5.91 Å². The van der Waals surface area contributed by atoms with E-state index < -0.39 is 5.92 Å². The lowest BCUT2D eigenvalue weighted by atomic mass is 9.82. The monoisotopic (exact) mass is 508 g/mol. The second-order valence-electron chi connectivity index (χ2n) is 8.84. The van der Waals surface area contributed by atoms with Crippen LogP contribution >= 0.6 is 11.8 Å². The number of carbonyl (C=O) groups is 2. The lowest BCUT2D eigenvalue weighted by Crippen LogP contribution is -2.31. The summed E-state index contributed by atoms with van der Waals surface area (Å²) < 4.78 is 0. The summed E-state index contributed by atoms with van der Waals surface area (Å²) in [5, 5.41) is 19.9. The van der Waals surface area contributed by atoms with E-state index in [-0.39, 0.29) is 17.6 Å². The summed E-state index contributed by atoms with van der Waals surface area (Å²) in [6.45, 7) is 5.74. The molecular formula is C30H28N4O2S. The summed E-state index contributed by atoms with van der Waals surface area (Å²) in [6, 6.07) is 26.9. The highest BCUT2D eigenvalue weighted by Gasteiger charge is 2.34. The van der Waals surface area contributed by atoms with Gasteiger partial charge in [0.15, 0.2) is 0 Å². The lowest BCUT2D eigenvalue weighted by Gasteiger charge is -2.30. The van der Waals surface area contributed by atoms with Crippen molar-refractivity contribution in [3.05, 3.63) is 117 Å². The third kappa shape index (κ3) is 6.11. The van der Waals surface area contributed by atoms with E-state index in [1.165, 1.54) is 11.8 Å². The number of carbonyl (C=O) groups excluding carboxylic acids is 2. The van der Waals surface area contributed by atoms with E-state index in [0.29, 0.717) is 27.6 Å². The number of nitrogens with zero attached hydrogens (tertiary/aromatic N) is 1. The molecule has 1 atom stereocenters. The molecule has 0 aliphatic carbocycles. The van der Waals surface area contributed by atoms with Gasteiger partial charge in [0.1, 0.15) is 0 Å². The molecule has 0 saturated carbocycles. The van der Waals surface area contributed by atoms with E-state index in [1.54, 1.807) is 0 Å². The minimum absolute atomic E-state index is 0.112. The Kier molecular flexibility index (Phi) is 8.11. The second-order valence-corrected chi connectivity index (χ2v) is 9.82. The third-order valence-electron chi connectivity index (χ3n) is 6.07. The molecule has 0 unspecified atom stereocenters. The number of thioether (sulfide) groups is 1. The first kappa shape index (κ1) is 25.8. The molecule has 1 aliphatic rings. The first-order valence-electron chi connectivity index (χ1n) is 11.9. The summed E-state index contributed by atoms with van der Waals surface area (Å²) in [6.07, 6.45) is 0. The van der Waals surface area contributed by atoms with Crippen molar-refractivity contribution in [2.75, 3.05) is 16.4 Å². The van der Waals surface area contributed by atoms with Crippen molar-refractivity contribution in [3.8, 4) is 6.07 Å². The second kappa shape index (κ2) is 11.6. The van der Waals surface area contributed by atoms with Gasteiger partial charge in [-0.15, -0.1) is 0 Å². The zero-order chi connectivity index (χ0) is 26.4. The maximum Gasteiger partial charge on any atom is 0.254 e. The average molecular weight is 509 g/mol. The Labute approximate surface area is 221 Å². The molecule has 2 amide bonds. The van der Waals surface area contributed by atoms with E-state index in [4.69, 9.17) is 0 Å². The predicted molar refractivity (Wildman–Crippen MR) is 150 cm³/mol. The molecule has 3 aromatic rings. The highest BCUT2D eigenvalue weighted by atomic mass is 32.2. The molecule has 4 rings (SSSR count). The quantitative estimate of drug-likeness (QED) is 0.363. The van der Waals surface area contributed by atoms with Crippen molar-refractivity contribution in [3.63, 3.8) is 0 Å². The predicted octanol–water partition coefficient (Wildman–Crippen LogP) is 6.01. The number of anilines is 2. The van der Waals surface area contributed by atoms with E-state index >= 15 is 0 Å². The standard InChI is InChI=1S/C30H28N4O2S/c1-19-14-15-20(2)25(16-19)34-26(35)18-37-30-24(17-31)28(22-10-6-4-7-11-22)27(21(3)32-30)29(36)33-23-12-8-5-9-13-23/h4-16,28,32H,18H2,1-3H3,(H,33,36)(H,34,35)/t28-/m0/s1. The van der Waals surface area contributed by atoms with Crippen LogP contribution in [0.4, 0.5) is 11.4 Å². The fourth-order valence-electron chi connectivity index (χ4n) is 4.22. The normalized spacial score (nSPS) is 15.0. The highest BCUT2D eigenvalue weighted by molar-refractivity contribution is 8.03. The van der Waals surface area contributed by atoms with Crippen molar-refractivity contribution in [2.24, 2.45) is 0 Å². The zero-order valence-electron chi connectivity index (χ0n) is 21.0. The number of rotatable bonds is 7. The Balaban J connectivity index is 1.61. The maximum atomic E-state index is 13.4. The van der Waals surface area contributed by atoms with Crippen LogP contribution in [-0.4, -0.2) is 17.6 Å². The number of allylic oxidation sites excluding steroid dienone is 2. The van der Waals surface area contributed by atoms with Crippen LogP contribution in [0.2, 0.25) is 0 Å². The molecule has 3 N–H and O–H groups in total. The van der Waals surface area contributed by atoms with Gasteiger partial charge in [-0.1, -0.05) is 72.4 Å². The number of hydrogen-bond acceptors (Lipinski definition) is 5. The van der Waals surface area contributed by atoms with Crippen molar-refractivity contribution >= 4 is 35.0 Å². The molecule has 0 aromatic heterocycles. The summed E-state index contributed by atoms with van der Waals surface area (Å²) in [5.41, 5.74) is 5.82. The number of dihydropyridines is 1. The highest BCUT2D eigenvalue weighted by Crippen LogP contribution is 2.41. The van der Waals surface area contributed by atoms with Crippen LogP contribution in [-0.2, 0) is 9.59 Å². The Bertz CT molecular complexity index is 1420. The Morgan fingerprint density at radius 3 is 2.30 bits per heavy atom. The number of nitrogens with one attached hydrogen (secondary N) is 3. The number of para-hydroxylation sites is 1. The van der Waals surface area contributed by atoms with E-state index in [0.717, 1.165) is 22.4 Å². The molecular weight excluding hydrogens is 480 g/mol. The van der Waals surface area contributed by atoms with E-state index in [2.05, 4.69) is 22.0 Å². The largest absolute Gasteiger partial charge is 0.353 e. The lowest BCUT2D eigenvalue weighted by molar-refractivity contribution is -0.114. The SMILES string of the molecule is CC1=C(C(=O)Nc2ccccc2)[C@@H](c2ccccc2)C(C#N)=C(SCC(=O)Nc2cc(C)ccc2C)N1. The van der Waals surface area contributed by atoms with Gasteiger partial charge in [-0.3, -0.25) is 9.59 Å². The van der Waals surface area contributed by atoms with Gasteiger partial charge in [-0.05, 0) is 55.7 Å². The van der Waals surface area contributed by atoms with Crippen LogP contribution < -0.4 is 16.0 Å². The molecule has 6 nitrogen and oxygen atoms in total. The molecule has 0 radical (unpaired) electrons. The van der Waals surface area contributed by atoms with Crippen LogP contribution in [0.15, 0.2) is 101 Å². The first-order chi connectivity index (χ1) is 17.9. The molecule has 7 heteroatoms. The van der Waals surface area contributed by atoms with Crippen LogP contribution in [0, 0.1) is 25.2 Å². The summed E-state index contributed by atoms with van der Waals surface area (Å²) >= 11 is 1.26. The van der Waals surface area contributed by atoms with Gasteiger partial charge >= 0.3 is 0 Å². The molecule has 1 heterocycles. The van der Waals surface area contributed by atoms with E-state index in [1.807, 2.05) is 99.6 Å².